The summed E-state index contributed by atoms with van der Waals surface area (Å²) in [4.78, 5) is 27.3. The molecule has 0 spiro atoms. The van der Waals surface area contributed by atoms with E-state index in [0.717, 1.165) is 23.5 Å². The quantitative estimate of drug-likeness (QED) is 0.455. The summed E-state index contributed by atoms with van der Waals surface area (Å²) in [5.74, 6) is 0.452. The summed E-state index contributed by atoms with van der Waals surface area (Å²) in [6.07, 6.45) is 1.11. The van der Waals surface area contributed by atoms with Crippen molar-refractivity contribution in [1.29, 1.82) is 0 Å². The molecule has 2 aromatic carbocycles. The van der Waals surface area contributed by atoms with Crippen LogP contribution in [-0.2, 0) is 17.8 Å². The molecular formula is C28H36N4O2. The number of hydrogen-bond acceptors (Lipinski definition) is 3. The van der Waals surface area contributed by atoms with E-state index in [-0.39, 0.29) is 17.9 Å². The van der Waals surface area contributed by atoms with Crippen molar-refractivity contribution in [2.75, 3.05) is 12.4 Å². The maximum absolute atomic E-state index is 13.0. The molecule has 0 aliphatic carbocycles. The van der Waals surface area contributed by atoms with Crippen molar-refractivity contribution < 1.29 is 9.59 Å². The van der Waals surface area contributed by atoms with Crippen molar-refractivity contribution >= 4 is 17.5 Å². The van der Waals surface area contributed by atoms with Crippen LogP contribution in [0.25, 0.3) is 0 Å². The molecule has 0 bridgehead atoms. The Balaban J connectivity index is 1.63. The summed E-state index contributed by atoms with van der Waals surface area (Å²) in [6, 6.07) is 16.7. The van der Waals surface area contributed by atoms with Crippen molar-refractivity contribution in [2.45, 2.75) is 60.0 Å². The minimum absolute atomic E-state index is 0.0848. The van der Waals surface area contributed by atoms with E-state index >= 15 is 0 Å². The first kappa shape index (κ1) is 25.2. The topological polar surface area (TPSA) is 67.2 Å². The zero-order valence-corrected chi connectivity index (χ0v) is 21.1. The van der Waals surface area contributed by atoms with Gasteiger partial charge in [-0.2, -0.15) is 5.10 Å². The van der Waals surface area contributed by atoms with Crippen LogP contribution < -0.4 is 5.32 Å². The highest BCUT2D eigenvalue weighted by molar-refractivity contribution is 6.04. The lowest BCUT2D eigenvalue weighted by Gasteiger charge is -2.26. The van der Waals surface area contributed by atoms with Gasteiger partial charge in [-0.25, -0.2) is 0 Å². The highest BCUT2D eigenvalue weighted by Crippen LogP contribution is 2.24. The average molecular weight is 461 g/mol. The molecule has 1 heterocycles. The third kappa shape index (κ3) is 6.13. The van der Waals surface area contributed by atoms with E-state index in [1.807, 2.05) is 63.4 Å². The van der Waals surface area contributed by atoms with Crippen LogP contribution in [0.5, 0.6) is 0 Å². The first-order valence-electron chi connectivity index (χ1n) is 11.9. The molecule has 1 unspecified atom stereocenters. The summed E-state index contributed by atoms with van der Waals surface area (Å²) in [7, 11) is 1.84. The zero-order valence-electron chi connectivity index (χ0n) is 21.1. The number of rotatable bonds is 9. The second-order valence-corrected chi connectivity index (χ2v) is 9.35. The fraction of sp³-hybridized carbons (Fsp3) is 0.393. The molecule has 34 heavy (non-hydrogen) atoms. The van der Waals surface area contributed by atoms with E-state index in [2.05, 4.69) is 35.9 Å². The molecule has 0 aliphatic rings. The molecule has 1 aromatic heterocycles. The lowest BCUT2D eigenvalue weighted by Crippen LogP contribution is -2.30. The van der Waals surface area contributed by atoms with Gasteiger partial charge in [-0.05, 0) is 68.5 Å². The van der Waals surface area contributed by atoms with Crippen LogP contribution in [0.3, 0.4) is 0 Å². The molecule has 0 fully saturated rings. The van der Waals surface area contributed by atoms with E-state index in [1.54, 1.807) is 17.0 Å². The molecule has 0 saturated carbocycles. The molecule has 3 rings (SSSR count). The van der Waals surface area contributed by atoms with E-state index in [4.69, 9.17) is 0 Å². The highest BCUT2D eigenvalue weighted by atomic mass is 16.2. The van der Waals surface area contributed by atoms with Crippen LogP contribution in [0.4, 0.5) is 5.69 Å². The molecule has 3 aromatic rings. The van der Waals surface area contributed by atoms with E-state index < -0.39 is 0 Å². The second-order valence-electron chi connectivity index (χ2n) is 9.35. The molecular weight excluding hydrogens is 424 g/mol. The Bertz CT molecular complexity index is 1130. The predicted molar refractivity (Wildman–Crippen MR) is 137 cm³/mol. The predicted octanol–water partition coefficient (Wildman–Crippen LogP) is 5.56. The van der Waals surface area contributed by atoms with Gasteiger partial charge < -0.3 is 10.2 Å². The summed E-state index contributed by atoms with van der Waals surface area (Å²) in [5.41, 5.74) is 5.61. The Morgan fingerprint density at radius 3 is 2.41 bits per heavy atom. The number of carbonyl (C=O) groups is 2. The second kappa shape index (κ2) is 11.1. The summed E-state index contributed by atoms with van der Waals surface area (Å²) >= 11 is 0. The van der Waals surface area contributed by atoms with Crippen molar-refractivity contribution in [2.24, 2.45) is 5.92 Å². The Labute approximate surface area is 203 Å². The van der Waals surface area contributed by atoms with E-state index in [9.17, 15) is 9.59 Å². The van der Waals surface area contributed by atoms with Gasteiger partial charge in [0.1, 0.15) is 0 Å². The summed E-state index contributed by atoms with van der Waals surface area (Å²) < 4.78 is 2.06. The van der Waals surface area contributed by atoms with Crippen LogP contribution in [0.2, 0.25) is 0 Å². The largest absolute Gasteiger partial charge is 0.339 e. The Kier molecular flexibility index (Phi) is 8.26. The van der Waals surface area contributed by atoms with Gasteiger partial charge in [0.2, 0.25) is 5.91 Å². The molecule has 0 radical (unpaired) electrons. The average Bonchev–Trinajstić information content (AvgIpc) is 3.08. The number of benzene rings is 2. The van der Waals surface area contributed by atoms with Crippen LogP contribution in [0.1, 0.15) is 66.1 Å². The van der Waals surface area contributed by atoms with Gasteiger partial charge in [-0.15, -0.1) is 0 Å². The Morgan fingerprint density at radius 2 is 1.74 bits per heavy atom. The summed E-state index contributed by atoms with van der Waals surface area (Å²) in [6.45, 7) is 11.4. The molecule has 6 heteroatoms. The minimum Gasteiger partial charge on any atom is -0.339 e. The monoisotopic (exact) mass is 460 g/mol. The van der Waals surface area contributed by atoms with Gasteiger partial charge in [0.15, 0.2) is 0 Å². The third-order valence-corrected chi connectivity index (χ3v) is 6.30. The normalized spacial score (nSPS) is 12.0. The number of hydrogen-bond donors (Lipinski definition) is 1. The first-order chi connectivity index (χ1) is 16.2. The number of aryl methyl sites for hydroxylation is 1. The van der Waals surface area contributed by atoms with Gasteiger partial charge in [0, 0.05) is 37.0 Å². The van der Waals surface area contributed by atoms with Crippen molar-refractivity contribution in [3.05, 3.63) is 82.7 Å². The number of carbonyl (C=O) groups excluding carboxylic acids is 2. The number of nitrogens with zero attached hydrogens (tertiary/aromatic N) is 3. The molecule has 0 saturated heterocycles. The van der Waals surface area contributed by atoms with Gasteiger partial charge in [-0.1, -0.05) is 44.2 Å². The SMILES string of the molecule is Cc1nn(CC(C)C)c(C)c1CCC(=O)N(C)C(C)c1cccc(NC(=O)c2ccccc2)c1. The minimum atomic E-state index is -0.154. The third-order valence-electron chi connectivity index (χ3n) is 6.30. The fourth-order valence-corrected chi connectivity index (χ4v) is 4.14. The molecule has 1 N–H and O–H groups in total. The van der Waals surface area contributed by atoms with Crippen molar-refractivity contribution in [3.63, 3.8) is 0 Å². The lowest BCUT2D eigenvalue weighted by molar-refractivity contribution is -0.131. The number of aromatic nitrogens is 2. The van der Waals surface area contributed by atoms with Gasteiger partial charge in [-0.3, -0.25) is 14.3 Å². The Morgan fingerprint density at radius 1 is 1.03 bits per heavy atom. The maximum atomic E-state index is 13.0. The zero-order chi connectivity index (χ0) is 24.8. The van der Waals surface area contributed by atoms with Gasteiger partial charge in [0.05, 0.1) is 11.7 Å². The van der Waals surface area contributed by atoms with Gasteiger partial charge >= 0.3 is 0 Å². The molecule has 1 atom stereocenters. The van der Waals surface area contributed by atoms with Crippen LogP contribution in [0.15, 0.2) is 54.6 Å². The molecule has 2 amide bonds. The Hall–Kier alpha value is -3.41. The maximum Gasteiger partial charge on any atom is 0.255 e. The van der Waals surface area contributed by atoms with Gasteiger partial charge in [0.25, 0.3) is 5.91 Å². The standard InChI is InChI=1S/C28H36N4O2/c1-19(2)18-32-22(5)26(20(3)30-32)15-16-27(33)31(6)21(4)24-13-10-14-25(17-24)29-28(34)23-11-8-7-9-12-23/h7-14,17,19,21H,15-16,18H2,1-6H3,(H,29,34). The number of nitrogens with one attached hydrogen (secondary N) is 1. The number of amides is 2. The number of anilines is 1. The molecule has 0 aliphatic heterocycles. The fourth-order valence-electron chi connectivity index (χ4n) is 4.14. The first-order valence-corrected chi connectivity index (χ1v) is 11.9. The smallest absolute Gasteiger partial charge is 0.255 e. The molecule has 6 nitrogen and oxygen atoms in total. The van der Waals surface area contributed by atoms with Crippen LogP contribution in [0, 0.1) is 19.8 Å². The molecule has 180 valence electrons. The summed E-state index contributed by atoms with van der Waals surface area (Å²) in [5, 5.41) is 7.61. The van der Waals surface area contributed by atoms with Crippen LogP contribution >= 0.6 is 0 Å². The van der Waals surface area contributed by atoms with E-state index in [0.29, 0.717) is 30.0 Å². The highest BCUT2D eigenvalue weighted by Gasteiger charge is 2.20. The van der Waals surface area contributed by atoms with E-state index in [1.165, 1.54) is 5.56 Å². The van der Waals surface area contributed by atoms with Crippen LogP contribution in [-0.4, -0.2) is 33.5 Å². The van der Waals surface area contributed by atoms with Crippen molar-refractivity contribution in [3.8, 4) is 0 Å². The van der Waals surface area contributed by atoms with Crippen molar-refractivity contribution in [1.82, 2.24) is 14.7 Å². The lowest BCUT2D eigenvalue weighted by atomic mass is 10.0.